The lowest BCUT2D eigenvalue weighted by atomic mass is 9.90. The Morgan fingerprint density at radius 1 is 1.02 bits per heavy atom. The first-order valence-corrected chi connectivity index (χ1v) is 13.7. The molecule has 1 fully saturated rings. The Kier molecular flexibility index (Phi) is 8.13. The van der Waals surface area contributed by atoms with Gasteiger partial charge in [0.2, 0.25) is 12.6 Å². The number of rotatable bonds is 9. The van der Waals surface area contributed by atoms with Gasteiger partial charge in [-0.1, -0.05) is 25.5 Å². The highest BCUT2D eigenvalue weighted by atomic mass is 19.4. The lowest BCUT2D eigenvalue weighted by Crippen LogP contribution is -2.53. The van der Waals surface area contributed by atoms with E-state index in [1.807, 2.05) is 0 Å². The van der Waals surface area contributed by atoms with Crippen molar-refractivity contribution >= 4 is 17.7 Å². The molecule has 3 aromatic rings. The number of nitrogens with one attached hydrogen (secondary N) is 1. The zero-order valence-corrected chi connectivity index (χ0v) is 24.1. The van der Waals surface area contributed by atoms with Crippen LogP contribution in [-0.4, -0.2) is 58.4 Å². The Hall–Kier alpha value is -4.86. The van der Waals surface area contributed by atoms with E-state index in [0.717, 1.165) is 17.2 Å². The quantitative estimate of drug-likeness (QED) is 0.176. The van der Waals surface area contributed by atoms with Gasteiger partial charge in [0.05, 0.1) is 12.7 Å². The van der Waals surface area contributed by atoms with Crippen molar-refractivity contribution in [2.45, 2.75) is 50.2 Å². The number of ether oxygens (including phenoxy) is 3. The molecule has 0 bridgehead atoms. The van der Waals surface area contributed by atoms with Crippen LogP contribution in [0.5, 0.6) is 23.0 Å². The predicted octanol–water partition coefficient (Wildman–Crippen LogP) is 5.52. The van der Waals surface area contributed by atoms with Crippen LogP contribution in [0.25, 0.3) is 0 Å². The number of fused-ring (bicyclic) bond motifs is 1. The summed E-state index contributed by atoms with van der Waals surface area (Å²) in [5, 5.41) is 12.4. The summed E-state index contributed by atoms with van der Waals surface area (Å²) >= 11 is 0. The van der Waals surface area contributed by atoms with E-state index < -0.39 is 53.3 Å². The average Bonchev–Trinajstić information content (AvgIpc) is 3.55. The molecule has 2 aliphatic heterocycles. The number of aromatic nitrogens is 1. The fourth-order valence-corrected chi connectivity index (χ4v) is 5.06. The molecule has 46 heavy (non-hydrogen) atoms. The van der Waals surface area contributed by atoms with Crippen LogP contribution < -0.4 is 19.5 Å². The van der Waals surface area contributed by atoms with E-state index in [1.165, 1.54) is 19.1 Å². The summed E-state index contributed by atoms with van der Waals surface area (Å²) in [5.74, 6) is -0.652. The highest BCUT2D eigenvalue weighted by molar-refractivity contribution is 6.11. The van der Waals surface area contributed by atoms with Gasteiger partial charge in [-0.25, -0.2) is 9.78 Å². The molecule has 1 aromatic heterocycles. The van der Waals surface area contributed by atoms with Crippen molar-refractivity contribution in [1.82, 2.24) is 15.2 Å². The van der Waals surface area contributed by atoms with Gasteiger partial charge >= 0.3 is 18.4 Å². The molecule has 10 nitrogen and oxygen atoms in total. The molecular weight excluding hydrogens is 628 g/mol. The van der Waals surface area contributed by atoms with Crippen LogP contribution in [0.3, 0.4) is 0 Å². The topological polar surface area (TPSA) is 127 Å². The van der Waals surface area contributed by atoms with E-state index in [9.17, 15) is 45.8 Å². The summed E-state index contributed by atoms with van der Waals surface area (Å²) in [7, 11) is 0. The van der Waals surface area contributed by atoms with E-state index in [4.69, 9.17) is 14.2 Å². The smallest absolute Gasteiger partial charge is 0.430 e. The monoisotopic (exact) mass is 653 g/mol. The third kappa shape index (κ3) is 5.57. The molecule has 0 radical (unpaired) electrons. The molecule has 1 atom stereocenters. The second-order valence-corrected chi connectivity index (χ2v) is 10.7. The molecule has 16 heteroatoms. The SMILES string of the molecule is CCCc1cc(C(O)(C(F)(F)F)C(F)(F)F)ccc1Oc1ccc(C(=O)CN2C(=O)NC(C)(c3ccc4c(c3)OCO4)C2=O)nc1. The second-order valence-electron chi connectivity index (χ2n) is 10.7. The number of urea groups is 1. The van der Waals surface area contributed by atoms with Gasteiger partial charge in [-0.3, -0.25) is 14.5 Å². The molecule has 2 aliphatic rings. The summed E-state index contributed by atoms with van der Waals surface area (Å²) in [5.41, 5.74) is -7.81. The van der Waals surface area contributed by atoms with E-state index in [1.54, 1.807) is 25.1 Å². The Labute approximate surface area is 256 Å². The maximum Gasteiger partial charge on any atom is 0.430 e. The van der Waals surface area contributed by atoms with Crippen molar-refractivity contribution in [2.24, 2.45) is 0 Å². The van der Waals surface area contributed by atoms with Crippen LogP contribution in [-0.2, 0) is 22.4 Å². The van der Waals surface area contributed by atoms with Crippen LogP contribution in [0.1, 0.15) is 47.4 Å². The molecule has 2 N–H and O–H groups in total. The van der Waals surface area contributed by atoms with Crippen molar-refractivity contribution in [3.05, 3.63) is 77.1 Å². The Balaban J connectivity index is 1.31. The first kappa shape index (κ1) is 32.5. The van der Waals surface area contributed by atoms with Gasteiger partial charge in [-0.15, -0.1) is 0 Å². The normalized spacial score (nSPS) is 18.2. The molecule has 1 unspecified atom stereocenters. The van der Waals surface area contributed by atoms with Crippen LogP contribution in [0.2, 0.25) is 0 Å². The number of alkyl halides is 6. The van der Waals surface area contributed by atoms with Gasteiger partial charge in [0, 0.05) is 5.56 Å². The van der Waals surface area contributed by atoms with E-state index in [2.05, 4.69) is 10.3 Å². The molecular formula is C30H25F6N3O7. The number of carbonyl (C=O) groups is 3. The first-order chi connectivity index (χ1) is 21.5. The Morgan fingerprint density at radius 2 is 1.72 bits per heavy atom. The lowest BCUT2D eigenvalue weighted by Gasteiger charge is -2.33. The molecule has 0 spiro atoms. The number of aliphatic hydroxyl groups is 1. The van der Waals surface area contributed by atoms with E-state index >= 15 is 0 Å². The first-order valence-electron chi connectivity index (χ1n) is 13.7. The highest BCUT2D eigenvalue weighted by Gasteiger charge is 2.71. The van der Waals surface area contributed by atoms with Crippen molar-refractivity contribution in [3.63, 3.8) is 0 Å². The molecule has 0 saturated carbocycles. The van der Waals surface area contributed by atoms with Crippen molar-refractivity contribution in [3.8, 4) is 23.0 Å². The van der Waals surface area contributed by atoms with Gasteiger partial charge in [-0.2, -0.15) is 26.3 Å². The van der Waals surface area contributed by atoms with Gasteiger partial charge < -0.3 is 24.6 Å². The van der Waals surface area contributed by atoms with Crippen molar-refractivity contribution in [1.29, 1.82) is 0 Å². The Bertz CT molecular complexity index is 1680. The molecule has 3 heterocycles. The maximum atomic E-state index is 13.4. The van der Waals surface area contributed by atoms with Crippen molar-refractivity contribution < 1.29 is 60.0 Å². The minimum atomic E-state index is -6.05. The number of imide groups is 1. The molecule has 5 rings (SSSR count). The predicted molar refractivity (Wildman–Crippen MR) is 145 cm³/mol. The summed E-state index contributed by atoms with van der Waals surface area (Å²) in [6.45, 7) is 2.47. The third-order valence-electron chi connectivity index (χ3n) is 7.59. The maximum absolute atomic E-state index is 13.4. The summed E-state index contributed by atoms with van der Waals surface area (Å²) in [6, 6.07) is 8.33. The largest absolute Gasteiger partial charge is 0.455 e. The molecule has 3 amide bonds. The van der Waals surface area contributed by atoms with Crippen LogP contribution in [0, 0.1) is 0 Å². The minimum Gasteiger partial charge on any atom is -0.455 e. The van der Waals surface area contributed by atoms with E-state index in [0.29, 0.717) is 35.6 Å². The number of aryl methyl sites for hydroxylation is 1. The second kappa shape index (κ2) is 11.5. The van der Waals surface area contributed by atoms with Crippen LogP contribution >= 0.6 is 0 Å². The standard InChI is InChI=1S/C30H25F6N3O7/c1-3-4-16-11-18(28(43,29(31,32)33)30(34,35)36)6-9-22(16)46-19-7-8-20(37-13-19)21(40)14-39-25(41)27(2,38-26(39)42)17-5-10-23-24(12-17)45-15-44-23/h5-13,43H,3-4,14-15H2,1-2H3,(H,38,42). The number of nitrogens with zero attached hydrogens (tertiary/aromatic N) is 2. The summed E-state index contributed by atoms with van der Waals surface area (Å²) in [4.78, 5) is 43.7. The zero-order chi connectivity index (χ0) is 33.7. The van der Waals surface area contributed by atoms with Gasteiger partial charge in [-0.05, 0) is 60.9 Å². The number of amides is 3. The summed E-state index contributed by atoms with van der Waals surface area (Å²) < 4.78 is 96.6. The van der Waals surface area contributed by atoms with Crippen LogP contribution in [0.4, 0.5) is 31.1 Å². The van der Waals surface area contributed by atoms with Gasteiger partial charge in [0.1, 0.15) is 22.7 Å². The average molecular weight is 654 g/mol. The van der Waals surface area contributed by atoms with E-state index in [-0.39, 0.29) is 36.0 Å². The molecule has 0 aliphatic carbocycles. The number of pyridine rings is 1. The number of carbonyl (C=O) groups excluding carboxylic acids is 3. The number of benzene rings is 2. The molecule has 1 saturated heterocycles. The minimum absolute atomic E-state index is 0.00765. The van der Waals surface area contributed by atoms with Crippen molar-refractivity contribution in [2.75, 3.05) is 13.3 Å². The molecule has 2 aromatic carbocycles. The highest BCUT2D eigenvalue weighted by Crippen LogP contribution is 2.50. The lowest BCUT2D eigenvalue weighted by molar-refractivity contribution is -0.376. The third-order valence-corrected chi connectivity index (χ3v) is 7.59. The number of ketones is 1. The number of halogens is 6. The number of hydrogen-bond acceptors (Lipinski definition) is 8. The molecule has 244 valence electrons. The fourth-order valence-electron chi connectivity index (χ4n) is 5.06. The summed E-state index contributed by atoms with van der Waals surface area (Å²) in [6.07, 6.45) is -10.7. The fraction of sp³-hybridized carbons (Fsp3) is 0.333. The van der Waals surface area contributed by atoms with Gasteiger partial charge in [0.25, 0.3) is 11.5 Å². The van der Waals surface area contributed by atoms with Gasteiger partial charge in [0.15, 0.2) is 11.5 Å². The zero-order valence-electron chi connectivity index (χ0n) is 24.1. The Morgan fingerprint density at radius 3 is 2.35 bits per heavy atom. The number of hydrogen-bond donors (Lipinski definition) is 2. The van der Waals surface area contributed by atoms with Crippen LogP contribution in [0.15, 0.2) is 54.7 Å². The number of Topliss-reactive ketones (excluding diaryl/α,β-unsaturated/α-hetero) is 1.